The van der Waals surface area contributed by atoms with Crippen molar-refractivity contribution < 1.29 is 14.3 Å². The Kier molecular flexibility index (Phi) is 4.67. The van der Waals surface area contributed by atoms with Crippen LogP contribution in [0.3, 0.4) is 0 Å². The van der Waals surface area contributed by atoms with E-state index in [9.17, 15) is 9.59 Å². The molecule has 134 valence electrons. The Balaban J connectivity index is 1.57. The molecule has 25 heavy (non-hydrogen) atoms. The van der Waals surface area contributed by atoms with Crippen LogP contribution in [-0.4, -0.2) is 59.6 Å². The van der Waals surface area contributed by atoms with Crippen LogP contribution in [-0.2, 0) is 14.3 Å². The van der Waals surface area contributed by atoms with Gasteiger partial charge in [0.25, 0.3) is 5.91 Å². The fourth-order valence-electron chi connectivity index (χ4n) is 3.77. The maximum atomic E-state index is 12.9. The fourth-order valence-corrected chi connectivity index (χ4v) is 3.77. The lowest BCUT2D eigenvalue weighted by Gasteiger charge is -2.41. The zero-order chi connectivity index (χ0) is 17.2. The Labute approximate surface area is 147 Å². The number of hydrogen-bond donors (Lipinski definition) is 2. The first-order chi connectivity index (χ1) is 12.2. The van der Waals surface area contributed by atoms with E-state index in [4.69, 9.17) is 4.74 Å². The van der Waals surface area contributed by atoms with Crippen molar-refractivity contribution in [2.75, 3.05) is 19.7 Å². The number of carbonyl (C=O) groups is 2. The second-order valence-corrected chi connectivity index (χ2v) is 7.03. The first kappa shape index (κ1) is 16.5. The smallest absolute Gasteiger partial charge is 0.251 e. The standard InChI is InChI=1S/C18H24N4O3/c23-15-11-25-17(18(24)21-13-5-8-19-9-6-13)16(22(15)14-3-4-14)12-2-1-7-20-10-12/h1-2,7,10,13-14,16-17,19H,3-6,8-9,11H2,(H,21,24)/t16-,17+/m1/s1. The molecule has 1 aromatic rings. The third-order valence-electron chi connectivity index (χ3n) is 5.17. The first-order valence-corrected chi connectivity index (χ1v) is 9.08. The molecular weight excluding hydrogens is 320 g/mol. The lowest BCUT2D eigenvalue weighted by Crippen LogP contribution is -2.56. The quantitative estimate of drug-likeness (QED) is 0.825. The molecule has 1 aromatic heterocycles. The molecule has 0 unspecified atom stereocenters. The van der Waals surface area contributed by atoms with E-state index in [1.807, 2.05) is 17.0 Å². The van der Waals surface area contributed by atoms with Gasteiger partial charge in [-0.15, -0.1) is 0 Å². The number of piperidine rings is 1. The van der Waals surface area contributed by atoms with Crippen LogP contribution in [0.1, 0.15) is 37.3 Å². The summed E-state index contributed by atoms with van der Waals surface area (Å²) < 4.78 is 5.72. The lowest BCUT2D eigenvalue weighted by molar-refractivity contribution is -0.165. The number of amides is 2. The van der Waals surface area contributed by atoms with Crippen molar-refractivity contribution in [2.24, 2.45) is 0 Å². The summed E-state index contributed by atoms with van der Waals surface area (Å²) in [4.78, 5) is 31.4. The molecule has 0 aromatic carbocycles. The van der Waals surface area contributed by atoms with Crippen molar-refractivity contribution in [3.63, 3.8) is 0 Å². The van der Waals surface area contributed by atoms with Crippen molar-refractivity contribution in [1.29, 1.82) is 0 Å². The van der Waals surface area contributed by atoms with Gasteiger partial charge < -0.3 is 20.3 Å². The molecular formula is C18H24N4O3. The van der Waals surface area contributed by atoms with Crippen molar-refractivity contribution in [2.45, 2.75) is 49.9 Å². The molecule has 7 nitrogen and oxygen atoms in total. The normalized spacial score (nSPS) is 28.0. The van der Waals surface area contributed by atoms with E-state index >= 15 is 0 Å². The van der Waals surface area contributed by atoms with Crippen LogP contribution >= 0.6 is 0 Å². The van der Waals surface area contributed by atoms with Gasteiger partial charge in [0.05, 0.1) is 6.04 Å². The van der Waals surface area contributed by atoms with E-state index in [0.717, 1.165) is 44.3 Å². The Hall–Kier alpha value is -1.99. The van der Waals surface area contributed by atoms with Crippen LogP contribution in [0.4, 0.5) is 0 Å². The average Bonchev–Trinajstić information content (AvgIpc) is 3.48. The molecule has 3 fully saturated rings. The highest BCUT2D eigenvalue weighted by Crippen LogP contribution is 2.39. The number of morpholine rings is 1. The maximum absolute atomic E-state index is 12.9. The molecule has 0 bridgehead atoms. The minimum absolute atomic E-state index is 0.0302. The number of carbonyl (C=O) groups excluding carboxylic acids is 2. The molecule has 0 spiro atoms. The van der Waals surface area contributed by atoms with E-state index in [1.165, 1.54) is 0 Å². The Morgan fingerprint density at radius 3 is 2.76 bits per heavy atom. The van der Waals surface area contributed by atoms with Crippen molar-refractivity contribution >= 4 is 11.8 Å². The minimum atomic E-state index is -0.683. The molecule has 2 amide bonds. The molecule has 2 aliphatic heterocycles. The van der Waals surface area contributed by atoms with Crippen molar-refractivity contribution in [1.82, 2.24) is 20.5 Å². The zero-order valence-electron chi connectivity index (χ0n) is 14.2. The highest BCUT2D eigenvalue weighted by molar-refractivity contribution is 5.87. The summed E-state index contributed by atoms with van der Waals surface area (Å²) in [6.07, 6.45) is 6.56. The van der Waals surface area contributed by atoms with Crippen LogP contribution < -0.4 is 10.6 Å². The number of rotatable bonds is 4. The summed E-state index contributed by atoms with van der Waals surface area (Å²) >= 11 is 0. The van der Waals surface area contributed by atoms with Gasteiger partial charge in [0.1, 0.15) is 6.61 Å². The van der Waals surface area contributed by atoms with E-state index in [-0.39, 0.29) is 30.5 Å². The second kappa shape index (κ2) is 7.09. The molecule has 3 aliphatic rings. The van der Waals surface area contributed by atoms with Crippen LogP contribution in [0.25, 0.3) is 0 Å². The molecule has 0 radical (unpaired) electrons. The summed E-state index contributed by atoms with van der Waals surface area (Å²) in [5, 5.41) is 6.42. The summed E-state index contributed by atoms with van der Waals surface area (Å²) in [6, 6.07) is 3.74. The highest BCUT2D eigenvalue weighted by Gasteiger charge is 2.47. The molecule has 1 saturated carbocycles. The van der Waals surface area contributed by atoms with Crippen LogP contribution in [0.2, 0.25) is 0 Å². The molecule has 7 heteroatoms. The van der Waals surface area contributed by atoms with Crippen molar-refractivity contribution in [3.05, 3.63) is 30.1 Å². The van der Waals surface area contributed by atoms with Gasteiger partial charge >= 0.3 is 0 Å². The van der Waals surface area contributed by atoms with Gasteiger partial charge in [0.15, 0.2) is 6.10 Å². The summed E-state index contributed by atoms with van der Waals surface area (Å²) in [5.41, 5.74) is 0.855. The molecule has 4 rings (SSSR count). The van der Waals surface area contributed by atoms with Gasteiger partial charge in [-0.2, -0.15) is 0 Å². The summed E-state index contributed by atoms with van der Waals surface area (Å²) in [5.74, 6) is -0.166. The van der Waals surface area contributed by atoms with E-state index in [1.54, 1.807) is 12.4 Å². The van der Waals surface area contributed by atoms with Gasteiger partial charge in [-0.25, -0.2) is 0 Å². The number of aromatic nitrogens is 1. The van der Waals surface area contributed by atoms with Crippen LogP contribution in [0.5, 0.6) is 0 Å². The SMILES string of the molecule is O=C(NC1CCNCC1)[C@H]1OCC(=O)N(C2CC2)[C@@H]1c1cccnc1. The number of pyridine rings is 1. The van der Waals surface area contributed by atoms with Gasteiger partial charge in [0, 0.05) is 24.5 Å². The molecule has 2 atom stereocenters. The Morgan fingerprint density at radius 1 is 1.28 bits per heavy atom. The Morgan fingerprint density at radius 2 is 2.08 bits per heavy atom. The Bertz CT molecular complexity index is 628. The monoisotopic (exact) mass is 344 g/mol. The third kappa shape index (κ3) is 3.52. The van der Waals surface area contributed by atoms with E-state index in [0.29, 0.717) is 0 Å². The van der Waals surface area contributed by atoms with Gasteiger partial charge in [-0.3, -0.25) is 14.6 Å². The predicted molar refractivity (Wildman–Crippen MR) is 90.6 cm³/mol. The molecule has 1 aliphatic carbocycles. The number of ether oxygens (including phenoxy) is 1. The van der Waals surface area contributed by atoms with Crippen LogP contribution in [0, 0.1) is 0 Å². The number of nitrogens with one attached hydrogen (secondary N) is 2. The summed E-state index contributed by atoms with van der Waals surface area (Å²) in [7, 11) is 0. The largest absolute Gasteiger partial charge is 0.356 e. The predicted octanol–water partition coefficient (Wildman–Crippen LogP) is 0.381. The third-order valence-corrected chi connectivity index (χ3v) is 5.17. The number of hydrogen-bond acceptors (Lipinski definition) is 5. The minimum Gasteiger partial charge on any atom is -0.356 e. The second-order valence-electron chi connectivity index (χ2n) is 7.03. The summed E-state index contributed by atoms with van der Waals surface area (Å²) in [6.45, 7) is 1.79. The molecule has 2 saturated heterocycles. The van der Waals surface area contributed by atoms with Gasteiger partial charge in [0.2, 0.25) is 5.91 Å². The van der Waals surface area contributed by atoms with E-state index < -0.39 is 12.1 Å². The zero-order valence-corrected chi connectivity index (χ0v) is 14.2. The molecule has 2 N–H and O–H groups in total. The molecule has 3 heterocycles. The number of nitrogens with zero attached hydrogens (tertiary/aromatic N) is 2. The van der Waals surface area contributed by atoms with E-state index in [2.05, 4.69) is 15.6 Å². The topological polar surface area (TPSA) is 83.6 Å². The van der Waals surface area contributed by atoms with Gasteiger partial charge in [-0.05, 0) is 50.4 Å². The average molecular weight is 344 g/mol. The lowest BCUT2D eigenvalue weighted by atomic mass is 9.97. The first-order valence-electron chi connectivity index (χ1n) is 9.08. The van der Waals surface area contributed by atoms with Crippen LogP contribution in [0.15, 0.2) is 24.5 Å². The maximum Gasteiger partial charge on any atom is 0.251 e. The van der Waals surface area contributed by atoms with Crippen molar-refractivity contribution in [3.8, 4) is 0 Å². The van der Waals surface area contributed by atoms with Gasteiger partial charge in [-0.1, -0.05) is 6.07 Å². The fraction of sp³-hybridized carbons (Fsp3) is 0.611. The highest BCUT2D eigenvalue weighted by atomic mass is 16.5.